The number of likely N-dealkylation sites (N-methyl/N-ethyl adjacent to an activating group) is 1. The lowest BCUT2D eigenvalue weighted by Gasteiger charge is -2.39. The summed E-state index contributed by atoms with van der Waals surface area (Å²) in [5.74, 6) is 1.04. The van der Waals surface area contributed by atoms with Gasteiger partial charge in [0.2, 0.25) is 0 Å². The van der Waals surface area contributed by atoms with E-state index in [2.05, 4.69) is 63.5 Å². The van der Waals surface area contributed by atoms with Crippen molar-refractivity contribution in [1.29, 1.82) is 0 Å². The SMILES string of the molecule is C=C/C(Cl)=C(C)\C(=N/C)[C@@H]1CCC[C@H](c2nc3cccc(N4CCN(C)CC4)c3[nH]2)N1C. The standard InChI is InChI=1S/C25H35ClN6/c1-6-18(26)17(2)23(27-3)20-10-8-12-22(31(20)5)25-28-19-9-7-11-21(24(19)29-25)32-15-13-30(4)14-16-32/h6-7,9,11,20,22H,1,8,10,12-16H2,2-5H3,(H,28,29)/b18-17+,27-23+/t20-,22+/m0/s1. The fourth-order valence-electron chi connectivity index (χ4n) is 5.13. The number of imidazole rings is 1. The first-order valence-electron chi connectivity index (χ1n) is 11.5. The summed E-state index contributed by atoms with van der Waals surface area (Å²) < 4.78 is 0. The molecule has 32 heavy (non-hydrogen) atoms. The number of rotatable bonds is 5. The Kier molecular flexibility index (Phi) is 7.03. The molecule has 4 rings (SSSR count). The molecule has 1 aromatic heterocycles. The second kappa shape index (κ2) is 9.77. The van der Waals surface area contributed by atoms with Gasteiger partial charge in [0.1, 0.15) is 5.82 Å². The zero-order valence-corrected chi connectivity index (χ0v) is 20.5. The molecule has 1 aromatic carbocycles. The van der Waals surface area contributed by atoms with E-state index in [-0.39, 0.29) is 12.1 Å². The van der Waals surface area contributed by atoms with Crippen LogP contribution in [-0.2, 0) is 0 Å². The van der Waals surface area contributed by atoms with E-state index < -0.39 is 0 Å². The Labute approximate surface area is 196 Å². The van der Waals surface area contributed by atoms with Crippen molar-refractivity contribution in [3.05, 3.63) is 47.3 Å². The number of nitrogens with zero attached hydrogens (tertiary/aromatic N) is 5. The van der Waals surface area contributed by atoms with Gasteiger partial charge in [-0.3, -0.25) is 9.89 Å². The molecule has 0 radical (unpaired) electrons. The molecule has 0 bridgehead atoms. The molecule has 7 heteroatoms. The molecule has 6 nitrogen and oxygen atoms in total. The smallest absolute Gasteiger partial charge is 0.124 e. The van der Waals surface area contributed by atoms with Gasteiger partial charge in [-0.25, -0.2) is 4.98 Å². The molecule has 0 saturated carbocycles. The van der Waals surface area contributed by atoms with Crippen LogP contribution in [-0.4, -0.2) is 78.8 Å². The van der Waals surface area contributed by atoms with Crippen LogP contribution in [0.2, 0.25) is 0 Å². The van der Waals surface area contributed by atoms with Gasteiger partial charge in [0.15, 0.2) is 0 Å². The Balaban J connectivity index is 1.64. The summed E-state index contributed by atoms with van der Waals surface area (Å²) in [7, 11) is 6.23. The number of nitrogens with one attached hydrogen (secondary N) is 1. The number of fused-ring (bicyclic) bond motifs is 1. The highest BCUT2D eigenvalue weighted by Gasteiger charge is 2.34. The lowest BCUT2D eigenvalue weighted by molar-refractivity contribution is 0.148. The van der Waals surface area contributed by atoms with E-state index in [0.29, 0.717) is 5.03 Å². The quantitative estimate of drug-likeness (QED) is 0.529. The number of piperazine rings is 1. The molecule has 2 aliphatic heterocycles. The van der Waals surface area contributed by atoms with Crippen LogP contribution in [0.15, 0.2) is 46.5 Å². The Morgan fingerprint density at radius 2 is 1.97 bits per heavy atom. The topological polar surface area (TPSA) is 50.8 Å². The van der Waals surface area contributed by atoms with Crippen molar-refractivity contribution in [2.75, 3.05) is 52.2 Å². The number of aromatic amines is 1. The first-order valence-corrected chi connectivity index (χ1v) is 11.9. The van der Waals surface area contributed by atoms with Crippen molar-refractivity contribution in [1.82, 2.24) is 19.8 Å². The van der Waals surface area contributed by atoms with Crippen LogP contribution < -0.4 is 4.90 Å². The molecule has 2 fully saturated rings. The summed E-state index contributed by atoms with van der Waals surface area (Å²) >= 11 is 6.40. The molecule has 3 heterocycles. The zero-order chi connectivity index (χ0) is 22.8. The molecule has 0 spiro atoms. The Morgan fingerprint density at radius 3 is 2.66 bits per heavy atom. The molecule has 2 aliphatic rings. The molecule has 172 valence electrons. The van der Waals surface area contributed by atoms with Gasteiger partial charge in [0.05, 0.1) is 34.5 Å². The van der Waals surface area contributed by atoms with Gasteiger partial charge in [0.25, 0.3) is 0 Å². The van der Waals surface area contributed by atoms with Crippen LogP contribution in [0.1, 0.15) is 38.1 Å². The molecular formula is C25H35ClN6. The normalized spacial score (nSPS) is 24.7. The van der Waals surface area contributed by atoms with Crippen LogP contribution in [0.5, 0.6) is 0 Å². The largest absolute Gasteiger partial charge is 0.367 e. The average molecular weight is 455 g/mol. The maximum atomic E-state index is 6.40. The number of halogens is 1. The minimum absolute atomic E-state index is 0.206. The highest BCUT2D eigenvalue weighted by Crippen LogP contribution is 2.36. The van der Waals surface area contributed by atoms with Crippen molar-refractivity contribution < 1.29 is 0 Å². The number of anilines is 1. The van der Waals surface area contributed by atoms with E-state index in [1.807, 2.05) is 14.0 Å². The first-order chi connectivity index (χ1) is 15.4. The number of aromatic nitrogens is 2. The maximum absolute atomic E-state index is 6.40. The summed E-state index contributed by atoms with van der Waals surface area (Å²) in [6.07, 6.45) is 4.96. The Morgan fingerprint density at radius 1 is 1.22 bits per heavy atom. The number of hydrogen-bond acceptors (Lipinski definition) is 5. The van der Waals surface area contributed by atoms with Crippen LogP contribution >= 0.6 is 11.6 Å². The summed E-state index contributed by atoms with van der Waals surface area (Å²) in [4.78, 5) is 20.7. The Bertz CT molecular complexity index is 1030. The predicted octanol–water partition coefficient (Wildman–Crippen LogP) is 4.61. The van der Waals surface area contributed by atoms with E-state index >= 15 is 0 Å². The van der Waals surface area contributed by atoms with Gasteiger partial charge < -0.3 is 14.8 Å². The summed E-state index contributed by atoms with van der Waals surface area (Å²) in [5.41, 5.74) is 5.50. The highest BCUT2D eigenvalue weighted by atomic mass is 35.5. The first kappa shape index (κ1) is 23.0. The van der Waals surface area contributed by atoms with E-state index in [1.165, 1.54) is 5.69 Å². The fourth-order valence-corrected chi connectivity index (χ4v) is 5.23. The van der Waals surface area contributed by atoms with Crippen LogP contribution in [0.25, 0.3) is 11.0 Å². The van der Waals surface area contributed by atoms with Crippen molar-refractivity contribution >= 4 is 34.0 Å². The van der Waals surface area contributed by atoms with Crippen molar-refractivity contribution in [3.63, 3.8) is 0 Å². The van der Waals surface area contributed by atoms with Crippen molar-refractivity contribution in [3.8, 4) is 0 Å². The molecular weight excluding hydrogens is 420 g/mol. The monoisotopic (exact) mass is 454 g/mol. The number of H-pyrrole nitrogens is 1. The third-order valence-corrected chi connectivity index (χ3v) is 7.53. The summed E-state index contributed by atoms with van der Waals surface area (Å²) in [6.45, 7) is 10.1. The van der Waals surface area contributed by atoms with Gasteiger partial charge >= 0.3 is 0 Å². The number of hydrogen-bond donors (Lipinski definition) is 1. The molecule has 2 aromatic rings. The van der Waals surface area contributed by atoms with E-state index in [0.717, 1.165) is 73.6 Å². The van der Waals surface area contributed by atoms with E-state index in [4.69, 9.17) is 16.6 Å². The minimum atomic E-state index is 0.206. The lowest BCUT2D eigenvalue weighted by Crippen LogP contribution is -2.45. The molecule has 0 unspecified atom stereocenters. The van der Waals surface area contributed by atoms with Crippen molar-refractivity contribution in [2.24, 2.45) is 4.99 Å². The number of benzene rings is 1. The van der Waals surface area contributed by atoms with Gasteiger partial charge in [-0.05, 0) is 58.0 Å². The average Bonchev–Trinajstić information content (AvgIpc) is 3.24. The molecule has 0 amide bonds. The summed E-state index contributed by atoms with van der Waals surface area (Å²) in [5, 5.41) is 0.668. The number of aliphatic imine (C=N–C) groups is 1. The van der Waals surface area contributed by atoms with E-state index in [9.17, 15) is 0 Å². The van der Waals surface area contributed by atoms with E-state index in [1.54, 1.807) is 6.08 Å². The van der Waals surface area contributed by atoms with Crippen molar-refractivity contribution in [2.45, 2.75) is 38.3 Å². The van der Waals surface area contributed by atoms with Gasteiger partial charge in [-0.15, -0.1) is 0 Å². The molecule has 0 aliphatic carbocycles. The third kappa shape index (κ3) is 4.36. The molecule has 2 atom stereocenters. The van der Waals surface area contributed by atoms with Crippen LogP contribution in [0, 0.1) is 0 Å². The number of para-hydroxylation sites is 1. The van der Waals surface area contributed by atoms with Gasteiger partial charge in [-0.1, -0.05) is 30.3 Å². The zero-order valence-electron chi connectivity index (χ0n) is 19.7. The highest BCUT2D eigenvalue weighted by molar-refractivity contribution is 6.34. The Hall–Kier alpha value is -2.15. The molecule has 2 saturated heterocycles. The van der Waals surface area contributed by atoms with Crippen LogP contribution in [0.3, 0.4) is 0 Å². The lowest BCUT2D eigenvalue weighted by atomic mass is 9.90. The van der Waals surface area contributed by atoms with Crippen LogP contribution in [0.4, 0.5) is 5.69 Å². The van der Waals surface area contributed by atoms with Gasteiger partial charge in [-0.2, -0.15) is 0 Å². The van der Waals surface area contributed by atoms with Gasteiger partial charge in [0, 0.05) is 38.3 Å². The molecule has 1 N–H and O–H groups in total. The minimum Gasteiger partial charge on any atom is -0.367 e. The fraction of sp³-hybridized carbons (Fsp3) is 0.520. The summed E-state index contributed by atoms with van der Waals surface area (Å²) in [6, 6.07) is 6.88. The number of allylic oxidation sites excluding steroid dienone is 2. The predicted molar refractivity (Wildman–Crippen MR) is 136 cm³/mol. The second-order valence-electron chi connectivity index (χ2n) is 9.00. The third-order valence-electron chi connectivity index (χ3n) is 7.09. The maximum Gasteiger partial charge on any atom is 0.124 e. The number of likely N-dealkylation sites (tertiary alicyclic amines) is 1. The second-order valence-corrected chi connectivity index (χ2v) is 9.40. The number of piperidine rings is 1.